The highest BCUT2D eigenvalue weighted by molar-refractivity contribution is 5.90. The zero-order valence-electron chi connectivity index (χ0n) is 9.77. The van der Waals surface area contributed by atoms with Crippen molar-refractivity contribution >= 4 is 5.97 Å². The van der Waals surface area contributed by atoms with Crippen LogP contribution >= 0.6 is 0 Å². The lowest BCUT2D eigenvalue weighted by Crippen LogP contribution is -2.13. The van der Waals surface area contributed by atoms with Gasteiger partial charge in [0.15, 0.2) is 0 Å². The first-order chi connectivity index (χ1) is 8.00. The van der Waals surface area contributed by atoms with Crippen molar-refractivity contribution in [1.29, 1.82) is 0 Å². The normalized spacial score (nSPS) is 10.6. The third-order valence-electron chi connectivity index (χ3n) is 1.97. The van der Waals surface area contributed by atoms with Crippen molar-refractivity contribution in [3.8, 4) is 5.75 Å². The lowest BCUT2D eigenvalue weighted by Gasteiger charge is -2.11. The lowest BCUT2D eigenvalue weighted by molar-refractivity contribution is 0.0537. The van der Waals surface area contributed by atoms with Gasteiger partial charge in [0.05, 0.1) is 12.7 Å². The number of hydrogen-bond acceptors (Lipinski definition) is 3. The van der Waals surface area contributed by atoms with E-state index in [4.69, 9.17) is 14.6 Å². The summed E-state index contributed by atoms with van der Waals surface area (Å²) in [5, 5.41) is 8.87. The van der Waals surface area contributed by atoms with Crippen LogP contribution in [0.15, 0.2) is 18.2 Å². The first kappa shape index (κ1) is 13.4. The van der Waals surface area contributed by atoms with Gasteiger partial charge in [-0.2, -0.15) is 0 Å². The molecule has 5 heteroatoms. The zero-order chi connectivity index (χ0) is 12.8. The molecule has 0 heterocycles. The predicted octanol–water partition coefficient (Wildman–Crippen LogP) is 2.33. The summed E-state index contributed by atoms with van der Waals surface area (Å²) in [6.07, 6.45) is 0.0741. The van der Waals surface area contributed by atoms with E-state index in [0.29, 0.717) is 6.61 Å². The van der Waals surface area contributed by atoms with Gasteiger partial charge in [0.1, 0.15) is 23.7 Å². The number of carboxylic acid groups (broad SMARTS) is 1. The smallest absolute Gasteiger partial charge is 0.339 e. The molecule has 4 nitrogen and oxygen atoms in total. The van der Waals surface area contributed by atoms with E-state index >= 15 is 0 Å². The number of hydrogen-bond donors (Lipinski definition) is 1. The molecule has 0 saturated heterocycles. The van der Waals surface area contributed by atoms with Gasteiger partial charge in [-0.05, 0) is 26.0 Å². The van der Waals surface area contributed by atoms with E-state index in [1.807, 2.05) is 13.8 Å². The van der Waals surface area contributed by atoms with E-state index in [-0.39, 0.29) is 24.0 Å². The molecule has 0 aromatic heterocycles. The second kappa shape index (κ2) is 6.20. The van der Waals surface area contributed by atoms with Crippen LogP contribution in [0.25, 0.3) is 0 Å². The van der Waals surface area contributed by atoms with E-state index in [9.17, 15) is 9.18 Å². The van der Waals surface area contributed by atoms with Gasteiger partial charge in [0.2, 0.25) is 0 Å². The van der Waals surface area contributed by atoms with Crippen molar-refractivity contribution in [3.63, 3.8) is 0 Å². The largest absolute Gasteiger partial charge is 0.490 e. The van der Waals surface area contributed by atoms with Crippen LogP contribution < -0.4 is 4.74 Å². The molecule has 1 rings (SSSR count). The molecule has 0 saturated carbocycles. The minimum absolute atomic E-state index is 0.0184. The first-order valence-corrected chi connectivity index (χ1v) is 5.28. The van der Waals surface area contributed by atoms with Crippen molar-refractivity contribution in [3.05, 3.63) is 29.6 Å². The molecule has 0 amide bonds. The van der Waals surface area contributed by atoms with E-state index in [1.165, 1.54) is 6.07 Å². The fourth-order valence-electron chi connectivity index (χ4n) is 1.23. The SMILES string of the molecule is CC(C)OCCOc1cc(F)ccc1C(=O)O. The van der Waals surface area contributed by atoms with Crippen LogP contribution in [0, 0.1) is 5.82 Å². The quantitative estimate of drug-likeness (QED) is 0.778. The van der Waals surface area contributed by atoms with Crippen LogP contribution in [0.5, 0.6) is 5.75 Å². The minimum Gasteiger partial charge on any atom is -0.490 e. The third kappa shape index (κ3) is 4.40. The van der Waals surface area contributed by atoms with Crippen molar-refractivity contribution in [2.75, 3.05) is 13.2 Å². The summed E-state index contributed by atoms with van der Waals surface area (Å²) in [5.41, 5.74) is -0.0593. The third-order valence-corrected chi connectivity index (χ3v) is 1.97. The molecular weight excluding hydrogens is 227 g/mol. The molecule has 0 atom stereocenters. The second-order valence-corrected chi connectivity index (χ2v) is 3.71. The highest BCUT2D eigenvalue weighted by atomic mass is 19.1. The fraction of sp³-hybridized carbons (Fsp3) is 0.417. The Balaban J connectivity index is 2.62. The van der Waals surface area contributed by atoms with Crippen LogP contribution in [0.3, 0.4) is 0 Å². The van der Waals surface area contributed by atoms with Gasteiger partial charge in [-0.3, -0.25) is 0 Å². The van der Waals surface area contributed by atoms with Crippen molar-refractivity contribution in [2.45, 2.75) is 20.0 Å². The Hall–Kier alpha value is -1.62. The van der Waals surface area contributed by atoms with Crippen LogP contribution in [-0.2, 0) is 4.74 Å². The summed E-state index contributed by atoms with van der Waals surface area (Å²) in [7, 11) is 0. The highest BCUT2D eigenvalue weighted by Gasteiger charge is 2.12. The minimum atomic E-state index is -1.15. The fourth-order valence-corrected chi connectivity index (χ4v) is 1.23. The Morgan fingerprint density at radius 2 is 2.12 bits per heavy atom. The Bertz CT molecular complexity index is 390. The van der Waals surface area contributed by atoms with E-state index < -0.39 is 11.8 Å². The standard InChI is InChI=1S/C12H15FO4/c1-8(2)16-5-6-17-11-7-9(13)3-4-10(11)12(14)15/h3-4,7-8H,5-6H2,1-2H3,(H,14,15). The number of halogens is 1. The molecule has 0 aliphatic heterocycles. The van der Waals surface area contributed by atoms with Crippen LogP contribution in [0.1, 0.15) is 24.2 Å². The van der Waals surface area contributed by atoms with E-state index in [1.54, 1.807) is 0 Å². The average molecular weight is 242 g/mol. The topological polar surface area (TPSA) is 55.8 Å². The monoisotopic (exact) mass is 242 g/mol. The number of carbonyl (C=O) groups is 1. The zero-order valence-corrected chi connectivity index (χ0v) is 9.77. The van der Waals surface area contributed by atoms with Gasteiger partial charge in [0, 0.05) is 6.07 Å². The van der Waals surface area contributed by atoms with Crippen molar-refractivity contribution < 1.29 is 23.8 Å². The molecule has 17 heavy (non-hydrogen) atoms. The summed E-state index contributed by atoms with van der Waals surface area (Å²) in [5.74, 6) is -1.66. The molecule has 1 aromatic rings. The molecule has 0 aliphatic rings. The molecule has 0 radical (unpaired) electrons. The molecule has 0 unspecified atom stereocenters. The Morgan fingerprint density at radius 3 is 2.71 bits per heavy atom. The molecule has 0 aliphatic carbocycles. The van der Waals surface area contributed by atoms with Gasteiger partial charge in [-0.1, -0.05) is 0 Å². The Labute approximate surface area is 99.0 Å². The molecule has 94 valence electrons. The van der Waals surface area contributed by atoms with E-state index in [0.717, 1.165) is 12.1 Å². The first-order valence-electron chi connectivity index (χ1n) is 5.28. The summed E-state index contributed by atoms with van der Waals surface area (Å²) in [4.78, 5) is 10.8. The van der Waals surface area contributed by atoms with Gasteiger partial charge in [-0.25, -0.2) is 9.18 Å². The Morgan fingerprint density at radius 1 is 1.41 bits per heavy atom. The highest BCUT2D eigenvalue weighted by Crippen LogP contribution is 2.19. The number of benzene rings is 1. The second-order valence-electron chi connectivity index (χ2n) is 3.71. The maximum atomic E-state index is 12.9. The molecule has 0 spiro atoms. The van der Waals surface area contributed by atoms with Crippen molar-refractivity contribution in [2.24, 2.45) is 0 Å². The number of rotatable bonds is 6. The molecular formula is C12H15FO4. The molecule has 1 N–H and O–H groups in total. The number of aromatic carboxylic acids is 1. The Kier molecular flexibility index (Phi) is 4.90. The summed E-state index contributed by atoms with van der Waals surface area (Å²) >= 11 is 0. The predicted molar refractivity (Wildman–Crippen MR) is 59.9 cm³/mol. The average Bonchev–Trinajstić information content (AvgIpc) is 2.23. The van der Waals surface area contributed by atoms with Gasteiger partial charge in [-0.15, -0.1) is 0 Å². The summed E-state index contributed by atoms with van der Waals surface area (Å²) < 4.78 is 23.4. The maximum Gasteiger partial charge on any atom is 0.339 e. The van der Waals surface area contributed by atoms with Crippen LogP contribution in [0.2, 0.25) is 0 Å². The van der Waals surface area contributed by atoms with Crippen LogP contribution in [0.4, 0.5) is 4.39 Å². The maximum absolute atomic E-state index is 12.9. The van der Waals surface area contributed by atoms with E-state index in [2.05, 4.69) is 0 Å². The van der Waals surface area contributed by atoms with Crippen molar-refractivity contribution in [1.82, 2.24) is 0 Å². The lowest BCUT2D eigenvalue weighted by atomic mass is 10.2. The molecule has 0 fully saturated rings. The van der Waals surface area contributed by atoms with Gasteiger partial charge < -0.3 is 14.6 Å². The number of ether oxygens (including phenoxy) is 2. The van der Waals surface area contributed by atoms with Gasteiger partial charge >= 0.3 is 5.97 Å². The molecule has 1 aromatic carbocycles. The number of carboxylic acids is 1. The van der Waals surface area contributed by atoms with Crippen LogP contribution in [-0.4, -0.2) is 30.4 Å². The molecule has 0 bridgehead atoms. The van der Waals surface area contributed by atoms with Gasteiger partial charge in [0.25, 0.3) is 0 Å². The summed E-state index contributed by atoms with van der Waals surface area (Å²) in [6.45, 7) is 4.27. The summed E-state index contributed by atoms with van der Waals surface area (Å²) in [6, 6.07) is 3.32.